The van der Waals surface area contributed by atoms with Crippen LogP contribution in [0.15, 0.2) is 36.8 Å². The molecular weight excluding hydrogens is 500 g/mol. The van der Waals surface area contributed by atoms with Gasteiger partial charge in [-0.05, 0) is 37.5 Å². The van der Waals surface area contributed by atoms with Crippen LogP contribution in [0.5, 0.6) is 5.75 Å². The van der Waals surface area contributed by atoms with E-state index in [0.717, 1.165) is 22.4 Å². The number of hydrogen-bond acceptors (Lipinski definition) is 8. The summed E-state index contributed by atoms with van der Waals surface area (Å²) in [6, 6.07) is 6.43. The number of ether oxygens (including phenoxy) is 1. The lowest BCUT2D eigenvalue weighted by Gasteiger charge is -2.41. The zero-order valence-electron chi connectivity index (χ0n) is 20.8. The number of nitrogens with zero attached hydrogens (tertiary/aromatic N) is 4. The molecule has 13 nitrogen and oxygen atoms in total. The zero-order chi connectivity index (χ0) is 26.8. The Kier molecular flexibility index (Phi) is 7.34. The minimum atomic E-state index is -4.02. The summed E-state index contributed by atoms with van der Waals surface area (Å²) < 4.78 is 31.0. The predicted molar refractivity (Wildman–Crippen MR) is 138 cm³/mol. The van der Waals surface area contributed by atoms with Crippen molar-refractivity contribution < 1.29 is 22.7 Å². The van der Waals surface area contributed by atoms with Gasteiger partial charge in [-0.25, -0.2) is 24.6 Å². The molecule has 0 radical (unpaired) electrons. The number of aromatic nitrogens is 3. The normalized spacial score (nSPS) is 15.4. The van der Waals surface area contributed by atoms with Gasteiger partial charge in [0.25, 0.3) is 10.2 Å². The molecule has 3 heterocycles. The molecule has 1 aliphatic rings. The van der Waals surface area contributed by atoms with Gasteiger partial charge in [0.1, 0.15) is 23.5 Å². The van der Waals surface area contributed by atoms with E-state index >= 15 is 0 Å². The molecule has 0 atom stereocenters. The first-order chi connectivity index (χ1) is 17.5. The van der Waals surface area contributed by atoms with Crippen LogP contribution in [0.2, 0.25) is 0 Å². The summed E-state index contributed by atoms with van der Waals surface area (Å²) in [5.74, 6) is 0.648. The topological polar surface area (TPSA) is 176 Å². The summed E-state index contributed by atoms with van der Waals surface area (Å²) in [5, 5.41) is 8.95. The van der Waals surface area contributed by atoms with Crippen LogP contribution < -0.4 is 24.8 Å². The second-order valence-electron chi connectivity index (χ2n) is 9.27. The van der Waals surface area contributed by atoms with Gasteiger partial charge >= 0.3 is 6.09 Å². The number of benzene rings is 1. The first-order valence-corrected chi connectivity index (χ1v) is 13.1. The largest absolute Gasteiger partial charge is 0.414 e. The molecule has 2 aromatic heterocycles. The van der Waals surface area contributed by atoms with E-state index in [2.05, 4.69) is 29.9 Å². The van der Waals surface area contributed by atoms with Crippen LogP contribution in [0, 0.1) is 12.3 Å². The molecular formula is C23H30N8O5S. The van der Waals surface area contributed by atoms with Crippen LogP contribution >= 0.6 is 0 Å². The lowest BCUT2D eigenvalue weighted by atomic mass is 9.77. The number of aromatic amines is 1. The second kappa shape index (κ2) is 10.3. The van der Waals surface area contributed by atoms with Crippen LogP contribution in [0.25, 0.3) is 11.0 Å². The molecule has 2 amide bonds. The van der Waals surface area contributed by atoms with Crippen molar-refractivity contribution in [1.29, 1.82) is 0 Å². The molecule has 14 heteroatoms. The van der Waals surface area contributed by atoms with Crippen molar-refractivity contribution in [2.24, 2.45) is 10.6 Å². The van der Waals surface area contributed by atoms with Gasteiger partial charge in [-0.15, -0.1) is 0 Å². The average molecular weight is 531 g/mol. The van der Waals surface area contributed by atoms with Crippen molar-refractivity contribution in [3.63, 3.8) is 0 Å². The van der Waals surface area contributed by atoms with E-state index in [-0.39, 0.29) is 18.2 Å². The highest BCUT2D eigenvalue weighted by molar-refractivity contribution is 7.87. The quantitative estimate of drug-likeness (QED) is 0.354. The Morgan fingerprint density at radius 2 is 1.97 bits per heavy atom. The molecule has 0 saturated carbocycles. The molecule has 1 aliphatic heterocycles. The Balaban J connectivity index is 1.54. The number of anilines is 2. The SMILES string of the molecule is Cc1c[nH]c2ncnc(N3CCC(CNS(N)(=O)=O)(C(=O)Nc4cccc(OC(=O)N(C)C)c4)CC3)c12. The molecule has 0 spiro atoms. The third kappa shape index (κ3) is 5.98. The number of piperidine rings is 1. The number of amides is 2. The Labute approximate surface area is 214 Å². The molecule has 1 saturated heterocycles. The van der Waals surface area contributed by atoms with Crippen LogP contribution in [-0.2, 0) is 15.0 Å². The van der Waals surface area contributed by atoms with Crippen LogP contribution in [0.4, 0.5) is 16.3 Å². The number of carbonyl (C=O) groups excluding carboxylic acids is 2. The third-order valence-electron chi connectivity index (χ3n) is 6.42. The van der Waals surface area contributed by atoms with E-state index in [0.29, 0.717) is 31.6 Å². The van der Waals surface area contributed by atoms with Crippen LogP contribution in [0.3, 0.4) is 0 Å². The van der Waals surface area contributed by atoms with Gasteiger partial charge in [0.2, 0.25) is 5.91 Å². The fourth-order valence-corrected chi connectivity index (χ4v) is 4.78. The van der Waals surface area contributed by atoms with E-state index in [1.165, 1.54) is 17.3 Å². The highest BCUT2D eigenvalue weighted by Gasteiger charge is 2.42. The van der Waals surface area contributed by atoms with Crippen molar-refractivity contribution in [2.75, 3.05) is 43.9 Å². The lowest BCUT2D eigenvalue weighted by Crippen LogP contribution is -2.53. The standard InChI is InChI=1S/C23H30N8O5S/c1-15-12-25-19-18(15)20(27-14-26-19)31-9-7-23(8-10-31,13-28-37(24,34)35)21(32)29-16-5-4-6-17(11-16)36-22(33)30(2)3/h4-6,11-12,14,28H,7-10,13H2,1-3H3,(H,29,32)(H2,24,34,35)(H,25,26,27). The van der Waals surface area contributed by atoms with Crippen molar-refractivity contribution in [2.45, 2.75) is 19.8 Å². The number of hydrogen-bond donors (Lipinski definition) is 4. The number of aryl methyl sites for hydroxylation is 1. The second-order valence-corrected chi connectivity index (χ2v) is 10.6. The summed E-state index contributed by atoms with van der Waals surface area (Å²) in [7, 11) is -0.896. The first kappa shape index (κ1) is 26.3. The van der Waals surface area contributed by atoms with Crippen molar-refractivity contribution >= 4 is 44.7 Å². The molecule has 37 heavy (non-hydrogen) atoms. The summed E-state index contributed by atoms with van der Waals surface area (Å²) >= 11 is 0. The summed E-state index contributed by atoms with van der Waals surface area (Å²) in [6.07, 6.45) is 3.48. The van der Waals surface area contributed by atoms with Gasteiger partial charge in [-0.3, -0.25) is 4.79 Å². The van der Waals surface area contributed by atoms with Crippen molar-refractivity contribution in [1.82, 2.24) is 24.6 Å². The Morgan fingerprint density at radius 1 is 1.24 bits per heavy atom. The molecule has 0 bridgehead atoms. The van der Waals surface area contributed by atoms with Gasteiger partial charge in [0, 0.05) is 51.7 Å². The maximum Gasteiger partial charge on any atom is 0.414 e. The first-order valence-electron chi connectivity index (χ1n) is 11.6. The summed E-state index contributed by atoms with van der Waals surface area (Å²) in [5.41, 5.74) is 1.07. The molecule has 0 unspecified atom stereocenters. The molecule has 1 aromatic carbocycles. The van der Waals surface area contributed by atoms with Gasteiger partial charge in [-0.1, -0.05) is 6.07 Å². The zero-order valence-corrected chi connectivity index (χ0v) is 21.6. The molecule has 1 fully saturated rings. The number of carbonyl (C=O) groups is 2. The number of fused-ring (bicyclic) bond motifs is 1. The maximum atomic E-state index is 13.6. The van der Waals surface area contributed by atoms with Gasteiger partial charge in [-0.2, -0.15) is 8.42 Å². The van der Waals surface area contributed by atoms with E-state index in [1.54, 1.807) is 32.3 Å². The number of nitrogens with one attached hydrogen (secondary N) is 3. The van der Waals surface area contributed by atoms with E-state index in [1.807, 2.05) is 13.1 Å². The minimum absolute atomic E-state index is 0.164. The summed E-state index contributed by atoms with van der Waals surface area (Å²) in [6.45, 7) is 2.71. The van der Waals surface area contributed by atoms with Crippen LogP contribution in [0.1, 0.15) is 18.4 Å². The van der Waals surface area contributed by atoms with Gasteiger partial charge < -0.3 is 24.8 Å². The van der Waals surface area contributed by atoms with Crippen molar-refractivity contribution in [3.8, 4) is 5.75 Å². The van der Waals surface area contributed by atoms with E-state index in [9.17, 15) is 18.0 Å². The van der Waals surface area contributed by atoms with Gasteiger partial charge in [0.05, 0.1) is 10.8 Å². The fourth-order valence-electron chi connectivity index (χ4n) is 4.30. The molecule has 5 N–H and O–H groups in total. The van der Waals surface area contributed by atoms with E-state index < -0.39 is 21.7 Å². The number of nitrogens with two attached hydrogens (primary N) is 1. The Hall–Kier alpha value is -3.75. The van der Waals surface area contributed by atoms with Gasteiger partial charge in [0.15, 0.2) is 0 Å². The van der Waals surface area contributed by atoms with Crippen molar-refractivity contribution in [3.05, 3.63) is 42.4 Å². The van der Waals surface area contributed by atoms with Crippen LogP contribution in [-0.4, -0.2) is 74.0 Å². The molecule has 0 aliphatic carbocycles. The highest BCUT2D eigenvalue weighted by Crippen LogP contribution is 2.36. The number of rotatable bonds is 7. The Bertz CT molecular complexity index is 1410. The number of H-pyrrole nitrogens is 1. The monoisotopic (exact) mass is 530 g/mol. The average Bonchev–Trinajstić information content (AvgIpc) is 3.24. The smallest absolute Gasteiger partial charge is 0.410 e. The minimum Gasteiger partial charge on any atom is -0.410 e. The Morgan fingerprint density at radius 3 is 2.65 bits per heavy atom. The fraction of sp³-hybridized carbons (Fsp3) is 0.391. The maximum absolute atomic E-state index is 13.6. The molecule has 3 aromatic rings. The molecule has 198 valence electrons. The third-order valence-corrected chi connectivity index (χ3v) is 6.97. The van der Waals surface area contributed by atoms with E-state index in [4.69, 9.17) is 9.88 Å². The lowest BCUT2D eigenvalue weighted by molar-refractivity contribution is -0.126. The summed E-state index contributed by atoms with van der Waals surface area (Å²) in [4.78, 5) is 40.7. The predicted octanol–water partition coefficient (Wildman–Crippen LogP) is 1.35. The molecule has 4 rings (SSSR count). The highest BCUT2D eigenvalue weighted by atomic mass is 32.2.